The first kappa shape index (κ1) is 16.8. The van der Waals surface area contributed by atoms with Crippen molar-refractivity contribution in [3.05, 3.63) is 65.7 Å². The van der Waals surface area contributed by atoms with E-state index in [1.54, 1.807) is 0 Å². The molecule has 0 heterocycles. The molecule has 7 unspecified atom stereocenters. The van der Waals surface area contributed by atoms with Crippen molar-refractivity contribution in [3.8, 4) is 5.75 Å². The predicted octanol–water partition coefficient (Wildman–Crippen LogP) is 5.50. The van der Waals surface area contributed by atoms with Gasteiger partial charge in [0, 0.05) is 0 Å². The van der Waals surface area contributed by atoms with Gasteiger partial charge >= 0.3 is 5.97 Å². The number of benzene rings is 2. The molecule has 0 N–H and O–H groups in total. The maximum Gasteiger partial charge on any atom is 0.314 e. The molecule has 0 spiro atoms. The minimum Gasteiger partial charge on any atom is -0.426 e. The van der Waals surface area contributed by atoms with Gasteiger partial charge in [-0.25, -0.2) is 0 Å². The SMILES string of the molecule is O=C(Oc1ccc(Cc2ccccc2)cc1)C1CC2CC1C1C3CCC(C3)C21. The Morgan fingerprint density at radius 1 is 0.786 bits per heavy atom. The van der Waals surface area contributed by atoms with Crippen molar-refractivity contribution in [1.82, 2.24) is 0 Å². The van der Waals surface area contributed by atoms with E-state index in [-0.39, 0.29) is 11.9 Å². The average molecular weight is 373 g/mol. The van der Waals surface area contributed by atoms with Crippen LogP contribution < -0.4 is 4.74 Å². The van der Waals surface area contributed by atoms with Gasteiger partial charge in [-0.2, -0.15) is 0 Å². The second-order valence-corrected chi connectivity index (χ2v) is 9.72. The fraction of sp³-hybridized carbons (Fsp3) is 0.500. The second kappa shape index (κ2) is 6.47. The van der Waals surface area contributed by atoms with Crippen molar-refractivity contribution in [2.45, 2.75) is 38.5 Å². The van der Waals surface area contributed by atoms with E-state index in [1.165, 1.54) is 36.8 Å². The van der Waals surface area contributed by atoms with Crippen molar-refractivity contribution in [2.75, 3.05) is 0 Å². The Labute approximate surface area is 167 Å². The maximum atomic E-state index is 13.0. The van der Waals surface area contributed by atoms with Crippen molar-refractivity contribution >= 4 is 5.97 Å². The summed E-state index contributed by atoms with van der Waals surface area (Å²) >= 11 is 0. The molecule has 0 aliphatic heterocycles. The van der Waals surface area contributed by atoms with Crippen LogP contribution in [0.5, 0.6) is 5.75 Å². The lowest BCUT2D eigenvalue weighted by atomic mass is 9.67. The zero-order valence-corrected chi connectivity index (χ0v) is 16.3. The maximum absolute atomic E-state index is 13.0. The molecule has 0 saturated heterocycles. The van der Waals surface area contributed by atoms with Crippen LogP contribution in [0, 0.1) is 41.4 Å². The van der Waals surface area contributed by atoms with E-state index in [0.29, 0.717) is 11.7 Å². The average Bonchev–Trinajstić information content (AvgIpc) is 3.50. The zero-order chi connectivity index (χ0) is 18.7. The third-order valence-corrected chi connectivity index (χ3v) is 8.43. The molecule has 2 heteroatoms. The van der Waals surface area contributed by atoms with Crippen molar-refractivity contribution < 1.29 is 9.53 Å². The van der Waals surface area contributed by atoms with E-state index in [4.69, 9.17) is 4.74 Å². The first-order valence-corrected chi connectivity index (χ1v) is 11.1. The van der Waals surface area contributed by atoms with Crippen LogP contribution in [0.15, 0.2) is 54.6 Å². The van der Waals surface area contributed by atoms with Crippen LogP contribution in [-0.4, -0.2) is 5.97 Å². The van der Waals surface area contributed by atoms with Crippen molar-refractivity contribution in [1.29, 1.82) is 0 Å². The van der Waals surface area contributed by atoms with Gasteiger partial charge < -0.3 is 4.74 Å². The molecule has 4 saturated carbocycles. The molecule has 2 nitrogen and oxygen atoms in total. The lowest BCUT2D eigenvalue weighted by Gasteiger charge is -2.37. The van der Waals surface area contributed by atoms with Gasteiger partial charge in [0.2, 0.25) is 0 Å². The Morgan fingerprint density at radius 2 is 1.50 bits per heavy atom. The number of fused-ring (bicyclic) bond motifs is 9. The topological polar surface area (TPSA) is 26.3 Å². The highest BCUT2D eigenvalue weighted by atomic mass is 16.5. The smallest absolute Gasteiger partial charge is 0.314 e. The first-order chi connectivity index (χ1) is 13.8. The van der Waals surface area contributed by atoms with E-state index < -0.39 is 0 Å². The highest BCUT2D eigenvalue weighted by Crippen LogP contribution is 2.68. The molecule has 2 aromatic rings. The Morgan fingerprint density at radius 3 is 2.29 bits per heavy atom. The highest BCUT2D eigenvalue weighted by molar-refractivity contribution is 5.76. The summed E-state index contributed by atoms with van der Waals surface area (Å²) < 4.78 is 5.85. The van der Waals surface area contributed by atoms with Crippen LogP contribution in [0.2, 0.25) is 0 Å². The van der Waals surface area contributed by atoms with Crippen LogP contribution in [0.25, 0.3) is 0 Å². The molecule has 0 radical (unpaired) electrons. The lowest BCUT2D eigenvalue weighted by Crippen LogP contribution is -2.37. The van der Waals surface area contributed by atoms with Gasteiger partial charge in [-0.1, -0.05) is 42.5 Å². The number of rotatable bonds is 4. The van der Waals surface area contributed by atoms with E-state index in [0.717, 1.165) is 42.4 Å². The van der Waals surface area contributed by atoms with Crippen LogP contribution in [0.3, 0.4) is 0 Å². The van der Waals surface area contributed by atoms with Gasteiger partial charge in [0.05, 0.1) is 5.92 Å². The summed E-state index contributed by atoms with van der Waals surface area (Å²) in [6.45, 7) is 0. The van der Waals surface area contributed by atoms with E-state index >= 15 is 0 Å². The monoisotopic (exact) mass is 372 g/mol. The van der Waals surface area contributed by atoms with E-state index in [2.05, 4.69) is 36.4 Å². The number of hydrogen-bond acceptors (Lipinski definition) is 2. The van der Waals surface area contributed by atoms with Gasteiger partial charge in [-0.3, -0.25) is 4.79 Å². The normalized spacial score (nSPS) is 37.2. The number of ether oxygens (including phenoxy) is 1. The molecule has 4 bridgehead atoms. The summed E-state index contributed by atoms with van der Waals surface area (Å²) in [5, 5.41) is 0. The number of carbonyl (C=O) groups is 1. The minimum atomic E-state index is 0.0320. The molecule has 144 valence electrons. The van der Waals surface area contributed by atoms with E-state index in [1.807, 2.05) is 18.2 Å². The Bertz CT molecular complexity index is 871. The summed E-state index contributed by atoms with van der Waals surface area (Å²) in [6.07, 6.45) is 7.61. The zero-order valence-electron chi connectivity index (χ0n) is 16.3. The molecule has 2 aromatic carbocycles. The lowest BCUT2D eigenvalue weighted by molar-refractivity contribution is -0.142. The molecule has 4 aliphatic rings. The summed E-state index contributed by atoms with van der Waals surface area (Å²) in [5.41, 5.74) is 2.55. The largest absolute Gasteiger partial charge is 0.426 e. The standard InChI is InChI=1S/C26H28O2/c27-26(23-15-20-14-22(23)25-19-9-8-18(13-19)24(20)25)28-21-10-6-17(7-11-21)12-16-4-2-1-3-5-16/h1-7,10-11,18-20,22-25H,8-9,12-15H2. The third-order valence-electron chi connectivity index (χ3n) is 8.43. The van der Waals surface area contributed by atoms with Crippen LogP contribution in [0.4, 0.5) is 0 Å². The minimum absolute atomic E-state index is 0.0320. The Hall–Kier alpha value is -2.09. The summed E-state index contributed by atoms with van der Waals surface area (Å²) in [7, 11) is 0. The van der Waals surface area contributed by atoms with Gasteiger partial charge in [0.15, 0.2) is 0 Å². The van der Waals surface area contributed by atoms with Gasteiger partial charge in [-0.05, 0) is 97.3 Å². The van der Waals surface area contributed by atoms with Crippen molar-refractivity contribution in [2.24, 2.45) is 41.4 Å². The molecule has 6 rings (SSSR count). The molecule has 4 fully saturated rings. The van der Waals surface area contributed by atoms with E-state index in [9.17, 15) is 4.79 Å². The van der Waals surface area contributed by atoms with Gasteiger partial charge in [0.1, 0.15) is 5.75 Å². The third kappa shape index (κ3) is 2.64. The molecular weight excluding hydrogens is 344 g/mol. The Balaban J connectivity index is 1.11. The molecule has 28 heavy (non-hydrogen) atoms. The quantitative estimate of drug-likeness (QED) is 0.402. The molecule has 0 amide bonds. The van der Waals surface area contributed by atoms with Crippen LogP contribution in [-0.2, 0) is 11.2 Å². The number of hydrogen-bond donors (Lipinski definition) is 0. The fourth-order valence-corrected chi connectivity index (χ4v) is 7.54. The Kier molecular flexibility index (Phi) is 3.89. The van der Waals surface area contributed by atoms with Crippen LogP contribution >= 0.6 is 0 Å². The highest BCUT2D eigenvalue weighted by Gasteiger charge is 2.63. The van der Waals surface area contributed by atoms with Crippen LogP contribution in [0.1, 0.15) is 43.2 Å². The van der Waals surface area contributed by atoms with Gasteiger partial charge in [0.25, 0.3) is 0 Å². The molecule has 4 aliphatic carbocycles. The summed E-state index contributed by atoms with van der Waals surface area (Å²) in [4.78, 5) is 13.0. The summed E-state index contributed by atoms with van der Waals surface area (Å²) in [6, 6.07) is 18.6. The molecule has 7 atom stereocenters. The second-order valence-electron chi connectivity index (χ2n) is 9.72. The van der Waals surface area contributed by atoms with Gasteiger partial charge in [-0.15, -0.1) is 0 Å². The molecule has 0 aromatic heterocycles. The summed E-state index contributed by atoms with van der Waals surface area (Å²) in [5.74, 6) is 5.98. The first-order valence-electron chi connectivity index (χ1n) is 11.1. The number of carbonyl (C=O) groups excluding carboxylic acids is 1. The predicted molar refractivity (Wildman–Crippen MR) is 109 cm³/mol. The molecular formula is C26H28O2. The fourth-order valence-electron chi connectivity index (χ4n) is 7.54. The number of esters is 1. The van der Waals surface area contributed by atoms with Crippen molar-refractivity contribution in [3.63, 3.8) is 0 Å².